The minimum absolute atomic E-state index is 0.0976. The highest BCUT2D eigenvalue weighted by Crippen LogP contribution is 2.44. The zero-order chi connectivity index (χ0) is 21.5. The van der Waals surface area contributed by atoms with Gasteiger partial charge in [-0.3, -0.25) is 4.79 Å². The minimum atomic E-state index is -0.851. The monoisotopic (exact) mass is 496 g/mol. The molecule has 0 bridgehead atoms. The number of ketones is 1. The van der Waals surface area contributed by atoms with Gasteiger partial charge in [-0.1, -0.05) is 27.5 Å². The third-order valence-electron chi connectivity index (χ3n) is 5.53. The molecule has 3 aromatic carbocycles. The number of carbonyl (C=O) groups is 1. The van der Waals surface area contributed by atoms with Crippen molar-refractivity contribution in [2.24, 2.45) is 5.10 Å². The average Bonchev–Trinajstić information content (AvgIpc) is 3.24. The first-order chi connectivity index (χ1) is 15.0. The maximum atomic E-state index is 13.4. The summed E-state index contributed by atoms with van der Waals surface area (Å²) in [5.74, 6) is 1.33. The van der Waals surface area contributed by atoms with Crippen molar-refractivity contribution in [3.05, 3.63) is 92.9 Å². The Hall–Kier alpha value is -2.83. The number of carbonyl (C=O) groups excluding carboxylic acids is 1. The van der Waals surface area contributed by atoms with Gasteiger partial charge in [0.15, 0.2) is 0 Å². The summed E-state index contributed by atoms with van der Waals surface area (Å²) in [6.07, 6.45) is -0.181. The first-order valence-electron chi connectivity index (χ1n) is 9.79. The van der Waals surface area contributed by atoms with E-state index in [-0.39, 0.29) is 11.8 Å². The van der Waals surface area contributed by atoms with E-state index >= 15 is 0 Å². The largest absolute Gasteiger partial charge is 0.497 e. The summed E-state index contributed by atoms with van der Waals surface area (Å²) in [4.78, 5) is 13.4. The fourth-order valence-electron chi connectivity index (χ4n) is 3.95. The van der Waals surface area contributed by atoms with E-state index in [2.05, 4.69) is 15.9 Å². The summed E-state index contributed by atoms with van der Waals surface area (Å²) < 4.78 is 12.4. The van der Waals surface area contributed by atoms with Crippen LogP contribution in [0.1, 0.15) is 33.9 Å². The van der Waals surface area contributed by atoms with Gasteiger partial charge in [-0.05, 0) is 72.3 Å². The molecule has 2 unspecified atom stereocenters. The molecule has 156 valence electrons. The fourth-order valence-corrected chi connectivity index (χ4v) is 4.45. The molecule has 5 nitrogen and oxygen atoms in total. The minimum Gasteiger partial charge on any atom is -0.497 e. The molecule has 2 aliphatic heterocycles. The smallest absolute Gasteiger partial charge is 0.251 e. The van der Waals surface area contributed by atoms with Crippen molar-refractivity contribution < 1.29 is 14.3 Å². The molecule has 3 aromatic rings. The fraction of sp³-hybridized carbons (Fsp3) is 0.167. The van der Waals surface area contributed by atoms with Crippen LogP contribution in [0.15, 0.2) is 76.3 Å². The van der Waals surface area contributed by atoms with E-state index in [0.29, 0.717) is 22.8 Å². The number of benzene rings is 3. The molecule has 5 rings (SSSR count). The molecule has 7 heteroatoms. The zero-order valence-corrected chi connectivity index (χ0v) is 18.9. The van der Waals surface area contributed by atoms with Crippen molar-refractivity contribution in [2.75, 3.05) is 7.11 Å². The number of nitrogens with zero attached hydrogens (tertiary/aromatic N) is 2. The molecule has 2 atom stereocenters. The highest BCUT2D eigenvalue weighted by molar-refractivity contribution is 9.10. The molecule has 0 spiro atoms. The molecule has 31 heavy (non-hydrogen) atoms. The standard InChI is InChI=1S/C24H18BrClN2O3/c1-30-18-9-4-14(5-10-18)20-13-21-19-12-16(25)6-11-22(19)31-24(28(21)27-20)23(29)15-2-7-17(26)8-3-15/h2-12,21,24H,13H2,1H3. The summed E-state index contributed by atoms with van der Waals surface area (Å²) in [5.41, 5.74) is 3.42. The van der Waals surface area contributed by atoms with Crippen molar-refractivity contribution in [3.8, 4) is 11.5 Å². The molecule has 0 saturated heterocycles. The molecule has 2 heterocycles. The summed E-state index contributed by atoms with van der Waals surface area (Å²) in [7, 11) is 1.64. The Morgan fingerprint density at radius 2 is 1.87 bits per heavy atom. The number of hydrogen-bond donors (Lipinski definition) is 0. The normalized spacial score (nSPS) is 19.2. The lowest BCUT2D eigenvalue weighted by Crippen LogP contribution is -2.45. The Bertz CT molecular complexity index is 1180. The van der Waals surface area contributed by atoms with Crippen LogP contribution in [-0.4, -0.2) is 29.8 Å². The van der Waals surface area contributed by atoms with E-state index in [9.17, 15) is 4.79 Å². The van der Waals surface area contributed by atoms with Crippen LogP contribution in [0.4, 0.5) is 0 Å². The van der Waals surface area contributed by atoms with Gasteiger partial charge in [-0.2, -0.15) is 5.10 Å². The number of halogens is 2. The Balaban J connectivity index is 1.55. The number of fused-ring (bicyclic) bond motifs is 3. The van der Waals surface area contributed by atoms with Gasteiger partial charge in [0.25, 0.3) is 6.23 Å². The van der Waals surface area contributed by atoms with Crippen LogP contribution in [-0.2, 0) is 0 Å². The van der Waals surface area contributed by atoms with E-state index in [4.69, 9.17) is 26.2 Å². The predicted molar refractivity (Wildman–Crippen MR) is 123 cm³/mol. The molecule has 0 N–H and O–H groups in total. The Morgan fingerprint density at radius 1 is 1.13 bits per heavy atom. The van der Waals surface area contributed by atoms with Gasteiger partial charge < -0.3 is 9.47 Å². The third-order valence-corrected chi connectivity index (χ3v) is 6.27. The Labute approximate surface area is 193 Å². The summed E-state index contributed by atoms with van der Waals surface area (Å²) >= 11 is 9.54. The predicted octanol–water partition coefficient (Wildman–Crippen LogP) is 5.86. The molecule has 0 aromatic heterocycles. The Kier molecular flexibility index (Phi) is 5.20. The highest BCUT2D eigenvalue weighted by Gasteiger charge is 2.43. The Morgan fingerprint density at radius 3 is 2.58 bits per heavy atom. The molecule has 0 fully saturated rings. The van der Waals surface area contributed by atoms with Crippen LogP contribution >= 0.6 is 27.5 Å². The van der Waals surface area contributed by atoms with Crippen LogP contribution in [0.2, 0.25) is 5.02 Å². The first-order valence-corrected chi connectivity index (χ1v) is 11.0. The second kappa shape index (κ2) is 8.02. The number of hydrogen-bond acceptors (Lipinski definition) is 5. The number of rotatable bonds is 4. The molecule has 0 radical (unpaired) electrons. The average molecular weight is 498 g/mol. The van der Waals surface area contributed by atoms with Gasteiger partial charge in [0.05, 0.1) is 18.9 Å². The van der Waals surface area contributed by atoms with Crippen molar-refractivity contribution in [2.45, 2.75) is 18.7 Å². The molecular formula is C24H18BrClN2O3. The van der Waals surface area contributed by atoms with Crippen molar-refractivity contribution in [3.63, 3.8) is 0 Å². The molecular weight excluding hydrogens is 480 g/mol. The molecule has 0 amide bonds. The van der Waals surface area contributed by atoms with E-state index in [1.165, 1.54) is 0 Å². The lowest BCUT2D eigenvalue weighted by molar-refractivity contribution is -0.00459. The maximum Gasteiger partial charge on any atom is 0.251 e. The van der Waals surface area contributed by atoms with Crippen LogP contribution in [0.25, 0.3) is 0 Å². The van der Waals surface area contributed by atoms with Crippen molar-refractivity contribution in [1.82, 2.24) is 5.01 Å². The second-order valence-electron chi connectivity index (χ2n) is 7.40. The third kappa shape index (κ3) is 3.70. The highest BCUT2D eigenvalue weighted by atomic mass is 79.9. The number of methoxy groups -OCH3 is 1. The van der Waals surface area contributed by atoms with Gasteiger partial charge in [0.1, 0.15) is 11.5 Å². The maximum absolute atomic E-state index is 13.4. The van der Waals surface area contributed by atoms with Crippen LogP contribution in [0.3, 0.4) is 0 Å². The number of Topliss-reactive ketones (excluding diaryl/α,β-unsaturated/α-hetero) is 1. The zero-order valence-electron chi connectivity index (χ0n) is 16.6. The lowest BCUT2D eigenvalue weighted by Gasteiger charge is -2.37. The van der Waals surface area contributed by atoms with Gasteiger partial charge in [-0.25, -0.2) is 5.01 Å². The van der Waals surface area contributed by atoms with E-state index in [1.807, 2.05) is 42.5 Å². The SMILES string of the molecule is COc1ccc(C2=NN3C(C(=O)c4ccc(Cl)cc4)Oc4ccc(Br)cc4C3C2)cc1. The van der Waals surface area contributed by atoms with Gasteiger partial charge in [-0.15, -0.1) is 0 Å². The molecule has 2 aliphatic rings. The summed E-state index contributed by atoms with van der Waals surface area (Å²) in [6, 6.07) is 20.4. The summed E-state index contributed by atoms with van der Waals surface area (Å²) in [6.45, 7) is 0. The van der Waals surface area contributed by atoms with Crippen LogP contribution in [0, 0.1) is 0 Å². The first kappa shape index (κ1) is 20.1. The summed E-state index contributed by atoms with van der Waals surface area (Å²) in [5, 5.41) is 7.19. The topological polar surface area (TPSA) is 51.1 Å². The van der Waals surface area contributed by atoms with Crippen molar-refractivity contribution in [1.29, 1.82) is 0 Å². The quantitative estimate of drug-likeness (QED) is 0.424. The van der Waals surface area contributed by atoms with Gasteiger partial charge in [0.2, 0.25) is 5.78 Å². The van der Waals surface area contributed by atoms with Crippen LogP contribution < -0.4 is 9.47 Å². The number of hydrazone groups is 1. The van der Waals surface area contributed by atoms with E-state index in [0.717, 1.165) is 27.1 Å². The lowest BCUT2D eigenvalue weighted by atomic mass is 9.95. The van der Waals surface area contributed by atoms with Gasteiger partial charge in [0, 0.05) is 27.0 Å². The van der Waals surface area contributed by atoms with Crippen molar-refractivity contribution >= 4 is 39.0 Å². The molecule has 0 aliphatic carbocycles. The second-order valence-corrected chi connectivity index (χ2v) is 8.75. The van der Waals surface area contributed by atoms with E-state index < -0.39 is 6.23 Å². The van der Waals surface area contributed by atoms with Crippen LogP contribution in [0.5, 0.6) is 11.5 Å². The number of ether oxygens (including phenoxy) is 2. The molecule has 0 saturated carbocycles. The van der Waals surface area contributed by atoms with E-state index in [1.54, 1.807) is 36.4 Å². The van der Waals surface area contributed by atoms with Gasteiger partial charge >= 0.3 is 0 Å².